The molecule has 0 radical (unpaired) electrons. The number of aromatic amines is 1. The molecule has 7 heteroatoms. The molecule has 0 atom stereocenters. The van der Waals surface area contributed by atoms with Gasteiger partial charge in [-0.05, 0) is 31.0 Å². The van der Waals surface area contributed by atoms with E-state index in [4.69, 9.17) is 0 Å². The number of hydrogen-bond donors (Lipinski definition) is 2. The SMILES string of the molecule is Cc1ncc(S(=O)(=O)NCCc2cccc(F)c2)[nH]1. The second-order valence-corrected chi connectivity index (χ2v) is 5.85. The van der Waals surface area contributed by atoms with Gasteiger partial charge in [0.1, 0.15) is 11.6 Å². The number of rotatable bonds is 5. The summed E-state index contributed by atoms with van der Waals surface area (Å²) in [6.45, 7) is 1.87. The summed E-state index contributed by atoms with van der Waals surface area (Å²) >= 11 is 0. The molecule has 102 valence electrons. The summed E-state index contributed by atoms with van der Waals surface area (Å²) in [5, 5.41) is 0.0317. The predicted molar refractivity (Wildman–Crippen MR) is 68.6 cm³/mol. The minimum Gasteiger partial charge on any atom is -0.332 e. The van der Waals surface area contributed by atoms with Crippen LogP contribution < -0.4 is 4.72 Å². The Morgan fingerprint density at radius 2 is 2.21 bits per heavy atom. The second kappa shape index (κ2) is 5.50. The average Bonchev–Trinajstić information content (AvgIpc) is 2.76. The predicted octanol–water partition coefficient (Wildman–Crippen LogP) is 1.38. The number of hydrogen-bond acceptors (Lipinski definition) is 3. The van der Waals surface area contributed by atoms with Gasteiger partial charge in [-0.2, -0.15) is 0 Å². The Morgan fingerprint density at radius 1 is 1.42 bits per heavy atom. The van der Waals surface area contributed by atoms with Crippen LogP contribution in [0.3, 0.4) is 0 Å². The van der Waals surface area contributed by atoms with Crippen LogP contribution in [0.2, 0.25) is 0 Å². The number of H-pyrrole nitrogens is 1. The summed E-state index contributed by atoms with van der Waals surface area (Å²) in [5.41, 5.74) is 0.739. The molecule has 0 bridgehead atoms. The number of aryl methyl sites for hydroxylation is 1. The van der Waals surface area contributed by atoms with Crippen LogP contribution in [-0.4, -0.2) is 24.9 Å². The third kappa shape index (κ3) is 3.62. The van der Waals surface area contributed by atoms with Crippen LogP contribution in [0, 0.1) is 12.7 Å². The zero-order valence-electron chi connectivity index (χ0n) is 10.4. The molecule has 0 unspecified atom stereocenters. The van der Waals surface area contributed by atoms with Crippen molar-refractivity contribution < 1.29 is 12.8 Å². The molecule has 5 nitrogen and oxygen atoms in total. The van der Waals surface area contributed by atoms with Crippen LogP contribution in [0.15, 0.2) is 35.5 Å². The van der Waals surface area contributed by atoms with Gasteiger partial charge in [0.15, 0.2) is 5.03 Å². The highest BCUT2D eigenvalue weighted by Gasteiger charge is 2.15. The first-order valence-corrected chi connectivity index (χ1v) is 7.21. The van der Waals surface area contributed by atoms with E-state index in [9.17, 15) is 12.8 Å². The molecule has 2 rings (SSSR count). The average molecular weight is 283 g/mol. The van der Waals surface area contributed by atoms with E-state index >= 15 is 0 Å². The van der Waals surface area contributed by atoms with Crippen LogP contribution in [0.25, 0.3) is 0 Å². The van der Waals surface area contributed by atoms with E-state index in [1.54, 1.807) is 19.1 Å². The molecule has 0 fully saturated rings. The lowest BCUT2D eigenvalue weighted by Crippen LogP contribution is -2.26. The maximum absolute atomic E-state index is 12.9. The van der Waals surface area contributed by atoms with E-state index in [0.717, 1.165) is 5.56 Å². The summed E-state index contributed by atoms with van der Waals surface area (Å²) in [7, 11) is -3.58. The number of benzene rings is 1. The van der Waals surface area contributed by atoms with Crippen molar-refractivity contribution in [3.8, 4) is 0 Å². The van der Waals surface area contributed by atoms with E-state index in [1.165, 1.54) is 18.3 Å². The van der Waals surface area contributed by atoms with Gasteiger partial charge in [0.05, 0.1) is 6.20 Å². The van der Waals surface area contributed by atoms with Gasteiger partial charge >= 0.3 is 0 Å². The Labute approximate surface area is 110 Å². The standard InChI is InChI=1S/C12H14FN3O2S/c1-9-14-8-12(16-9)19(17,18)15-6-5-10-3-2-4-11(13)7-10/h2-4,7-8,15H,5-6H2,1H3,(H,14,16). The number of nitrogens with zero attached hydrogens (tertiary/aromatic N) is 1. The molecule has 0 saturated heterocycles. The highest BCUT2D eigenvalue weighted by molar-refractivity contribution is 7.89. The second-order valence-electron chi connectivity index (χ2n) is 4.11. The first-order chi connectivity index (χ1) is 8.97. The lowest BCUT2D eigenvalue weighted by Gasteiger charge is -2.05. The van der Waals surface area contributed by atoms with Crippen molar-refractivity contribution in [3.05, 3.63) is 47.7 Å². The number of imidazole rings is 1. The summed E-state index contributed by atoms with van der Waals surface area (Å²) in [6, 6.07) is 6.07. The maximum atomic E-state index is 12.9. The topological polar surface area (TPSA) is 74.8 Å². The fourth-order valence-corrected chi connectivity index (χ4v) is 2.63. The van der Waals surface area contributed by atoms with E-state index in [0.29, 0.717) is 12.2 Å². The minimum absolute atomic E-state index is 0.0317. The van der Waals surface area contributed by atoms with Crippen molar-refractivity contribution >= 4 is 10.0 Å². The number of aromatic nitrogens is 2. The monoisotopic (exact) mass is 283 g/mol. The van der Waals surface area contributed by atoms with Gasteiger partial charge in [-0.15, -0.1) is 0 Å². The summed E-state index contributed by atoms with van der Waals surface area (Å²) in [4.78, 5) is 6.49. The van der Waals surface area contributed by atoms with Crippen molar-refractivity contribution in [2.75, 3.05) is 6.54 Å². The van der Waals surface area contributed by atoms with Crippen LogP contribution in [0.1, 0.15) is 11.4 Å². The first-order valence-electron chi connectivity index (χ1n) is 5.73. The van der Waals surface area contributed by atoms with Gasteiger partial charge in [-0.3, -0.25) is 0 Å². The van der Waals surface area contributed by atoms with Gasteiger partial charge in [0, 0.05) is 6.54 Å². The van der Waals surface area contributed by atoms with E-state index in [2.05, 4.69) is 14.7 Å². The van der Waals surface area contributed by atoms with Crippen LogP contribution in [0.5, 0.6) is 0 Å². The van der Waals surface area contributed by atoms with Gasteiger partial charge < -0.3 is 4.98 Å². The summed E-state index contributed by atoms with van der Waals surface area (Å²) < 4.78 is 39.1. The molecular formula is C12H14FN3O2S. The van der Waals surface area contributed by atoms with Crippen LogP contribution >= 0.6 is 0 Å². The molecule has 0 aliphatic rings. The van der Waals surface area contributed by atoms with Crippen molar-refractivity contribution in [1.29, 1.82) is 0 Å². The zero-order chi connectivity index (χ0) is 13.9. The molecule has 0 spiro atoms. The molecule has 1 aromatic heterocycles. The van der Waals surface area contributed by atoms with E-state index in [1.807, 2.05) is 0 Å². The van der Waals surface area contributed by atoms with Crippen molar-refractivity contribution in [2.45, 2.75) is 18.4 Å². The first kappa shape index (κ1) is 13.7. The van der Waals surface area contributed by atoms with Gasteiger partial charge in [-0.25, -0.2) is 22.5 Å². The van der Waals surface area contributed by atoms with Gasteiger partial charge in [0.25, 0.3) is 10.0 Å². The Bertz CT molecular complexity index is 667. The van der Waals surface area contributed by atoms with Crippen LogP contribution in [-0.2, 0) is 16.4 Å². The van der Waals surface area contributed by atoms with Gasteiger partial charge in [0.2, 0.25) is 0 Å². The van der Waals surface area contributed by atoms with Crippen molar-refractivity contribution in [3.63, 3.8) is 0 Å². The van der Waals surface area contributed by atoms with Crippen molar-refractivity contribution in [2.24, 2.45) is 0 Å². The molecule has 2 N–H and O–H groups in total. The quantitative estimate of drug-likeness (QED) is 0.870. The van der Waals surface area contributed by atoms with Crippen LogP contribution in [0.4, 0.5) is 4.39 Å². The Morgan fingerprint density at radius 3 is 2.84 bits per heavy atom. The highest BCUT2D eigenvalue weighted by Crippen LogP contribution is 2.06. The molecule has 1 heterocycles. The smallest absolute Gasteiger partial charge is 0.257 e. The van der Waals surface area contributed by atoms with E-state index in [-0.39, 0.29) is 17.4 Å². The maximum Gasteiger partial charge on any atom is 0.257 e. The molecule has 2 aromatic rings. The number of nitrogens with one attached hydrogen (secondary N) is 2. The molecule has 0 amide bonds. The molecule has 0 aliphatic carbocycles. The van der Waals surface area contributed by atoms with E-state index < -0.39 is 10.0 Å². The largest absolute Gasteiger partial charge is 0.332 e. The molecule has 0 saturated carbocycles. The lowest BCUT2D eigenvalue weighted by molar-refractivity contribution is 0.578. The number of sulfonamides is 1. The Balaban J connectivity index is 1.96. The zero-order valence-corrected chi connectivity index (χ0v) is 11.2. The minimum atomic E-state index is -3.58. The molecular weight excluding hydrogens is 269 g/mol. The summed E-state index contributed by atoms with van der Waals surface area (Å²) in [6.07, 6.45) is 1.68. The summed E-state index contributed by atoms with van der Waals surface area (Å²) in [5.74, 6) is 0.204. The third-order valence-corrected chi connectivity index (χ3v) is 3.93. The molecule has 1 aromatic carbocycles. The third-order valence-electron chi connectivity index (χ3n) is 2.56. The fourth-order valence-electron chi connectivity index (χ4n) is 1.63. The van der Waals surface area contributed by atoms with Crippen molar-refractivity contribution in [1.82, 2.24) is 14.7 Å². The van der Waals surface area contributed by atoms with Gasteiger partial charge in [-0.1, -0.05) is 12.1 Å². The Hall–Kier alpha value is -1.73. The normalized spacial score (nSPS) is 11.7. The number of halogens is 1. The fraction of sp³-hybridized carbons (Fsp3) is 0.250. The highest BCUT2D eigenvalue weighted by atomic mass is 32.2. The molecule has 19 heavy (non-hydrogen) atoms. The Kier molecular flexibility index (Phi) is 3.96. The lowest BCUT2D eigenvalue weighted by atomic mass is 10.1. The molecule has 0 aliphatic heterocycles.